The van der Waals surface area contributed by atoms with Crippen molar-refractivity contribution in [3.63, 3.8) is 0 Å². The molecule has 0 spiro atoms. The van der Waals surface area contributed by atoms with E-state index in [9.17, 15) is 4.79 Å². The molecule has 0 bridgehead atoms. The summed E-state index contributed by atoms with van der Waals surface area (Å²) in [5.41, 5.74) is 3.52. The van der Waals surface area contributed by atoms with Crippen LogP contribution < -0.4 is 5.32 Å². The Morgan fingerprint density at radius 1 is 1.14 bits per heavy atom. The number of para-hydroxylation sites is 1. The van der Waals surface area contributed by atoms with Gasteiger partial charge in [-0.2, -0.15) is 0 Å². The van der Waals surface area contributed by atoms with E-state index in [-0.39, 0.29) is 5.91 Å². The minimum Gasteiger partial charge on any atom is -0.325 e. The molecule has 1 unspecified atom stereocenters. The molecule has 1 fully saturated rings. The highest BCUT2D eigenvalue weighted by atomic mass is 16.2. The highest BCUT2D eigenvalue weighted by Gasteiger charge is 2.28. The van der Waals surface area contributed by atoms with Gasteiger partial charge in [-0.15, -0.1) is 0 Å². The van der Waals surface area contributed by atoms with Gasteiger partial charge in [-0.1, -0.05) is 42.5 Å². The molecule has 22 heavy (non-hydrogen) atoms. The van der Waals surface area contributed by atoms with E-state index in [1.54, 1.807) is 0 Å². The van der Waals surface area contributed by atoms with Crippen LogP contribution in [0.25, 0.3) is 0 Å². The average molecular weight is 294 g/mol. The molecule has 0 radical (unpaired) electrons. The van der Waals surface area contributed by atoms with Gasteiger partial charge in [0.1, 0.15) is 0 Å². The molecule has 3 nitrogen and oxygen atoms in total. The highest BCUT2D eigenvalue weighted by molar-refractivity contribution is 5.92. The van der Waals surface area contributed by atoms with E-state index >= 15 is 0 Å². The molecule has 0 aliphatic carbocycles. The monoisotopic (exact) mass is 294 g/mol. The number of carbonyl (C=O) groups is 1. The molecular formula is C19H22N2O. The molecule has 1 N–H and O–H groups in total. The summed E-state index contributed by atoms with van der Waals surface area (Å²) < 4.78 is 0. The number of nitrogens with zero attached hydrogens (tertiary/aromatic N) is 1. The lowest BCUT2D eigenvalue weighted by molar-refractivity contribution is -0.117. The van der Waals surface area contributed by atoms with Crippen molar-refractivity contribution in [2.24, 2.45) is 0 Å². The van der Waals surface area contributed by atoms with Crippen molar-refractivity contribution in [2.75, 3.05) is 18.4 Å². The number of likely N-dealkylation sites (tertiary alicyclic amines) is 1. The Hall–Kier alpha value is -2.13. The summed E-state index contributed by atoms with van der Waals surface area (Å²) >= 11 is 0. The molecule has 0 saturated carbocycles. The van der Waals surface area contributed by atoms with Crippen LogP contribution in [0.15, 0.2) is 54.6 Å². The molecule has 1 atom stereocenters. The number of aryl methyl sites for hydroxylation is 1. The minimum absolute atomic E-state index is 0.0617. The van der Waals surface area contributed by atoms with Gasteiger partial charge in [0.15, 0.2) is 0 Å². The second kappa shape index (κ2) is 6.75. The maximum Gasteiger partial charge on any atom is 0.238 e. The van der Waals surface area contributed by atoms with E-state index in [1.807, 2.05) is 30.3 Å². The molecule has 2 aromatic carbocycles. The zero-order valence-electron chi connectivity index (χ0n) is 13.0. The van der Waals surface area contributed by atoms with Crippen molar-refractivity contribution in [2.45, 2.75) is 25.8 Å². The maximum absolute atomic E-state index is 12.3. The van der Waals surface area contributed by atoms with E-state index in [0.717, 1.165) is 25.1 Å². The number of anilines is 1. The molecule has 2 aromatic rings. The summed E-state index contributed by atoms with van der Waals surface area (Å²) in [6, 6.07) is 18.5. The number of benzene rings is 2. The Labute approximate surface area is 132 Å². The standard InChI is InChI=1S/C19H22N2O/c1-15-8-5-6-11-17(15)18-12-7-13-21(18)14-19(22)20-16-9-3-2-4-10-16/h2-6,8-11,18H,7,12-14H2,1H3,(H,20,22). The van der Waals surface area contributed by atoms with Crippen molar-refractivity contribution in [1.82, 2.24) is 4.90 Å². The fourth-order valence-corrected chi connectivity index (χ4v) is 3.23. The van der Waals surface area contributed by atoms with Crippen LogP contribution in [-0.2, 0) is 4.79 Å². The van der Waals surface area contributed by atoms with Gasteiger partial charge in [-0.3, -0.25) is 9.69 Å². The fraction of sp³-hybridized carbons (Fsp3) is 0.316. The first-order chi connectivity index (χ1) is 10.7. The third-order valence-electron chi connectivity index (χ3n) is 4.32. The molecule has 1 aliphatic heterocycles. The van der Waals surface area contributed by atoms with Gasteiger partial charge in [-0.05, 0) is 49.6 Å². The quantitative estimate of drug-likeness (QED) is 0.931. The SMILES string of the molecule is Cc1ccccc1C1CCCN1CC(=O)Nc1ccccc1. The average Bonchev–Trinajstić information content (AvgIpc) is 2.96. The maximum atomic E-state index is 12.3. The van der Waals surface area contributed by atoms with E-state index in [0.29, 0.717) is 12.6 Å². The van der Waals surface area contributed by atoms with Crippen LogP contribution in [0.3, 0.4) is 0 Å². The number of nitrogens with one attached hydrogen (secondary N) is 1. The molecule has 1 aliphatic rings. The van der Waals surface area contributed by atoms with Crippen LogP contribution in [0.4, 0.5) is 5.69 Å². The molecule has 3 heteroatoms. The molecule has 3 rings (SSSR count). The van der Waals surface area contributed by atoms with Gasteiger partial charge in [-0.25, -0.2) is 0 Å². The van der Waals surface area contributed by atoms with Crippen LogP contribution in [0.1, 0.15) is 30.0 Å². The van der Waals surface area contributed by atoms with Crippen LogP contribution in [0, 0.1) is 6.92 Å². The Balaban J connectivity index is 1.66. The number of amides is 1. The van der Waals surface area contributed by atoms with Crippen LogP contribution in [0.2, 0.25) is 0 Å². The predicted molar refractivity (Wildman–Crippen MR) is 89.8 cm³/mol. The molecule has 1 heterocycles. The van der Waals surface area contributed by atoms with Gasteiger partial charge in [0.25, 0.3) is 0 Å². The Morgan fingerprint density at radius 2 is 1.86 bits per heavy atom. The lowest BCUT2D eigenvalue weighted by Crippen LogP contribution is -2.33. The fourth-order valence-electron chi connectivity index (χ4n) is 3.23. The normalized spacial score (nSPS) is 18.3. The minimum atomic E-state index is 0.0617. The highest BCUT2D eigenvalue weighted by Crippen LogP contribution is 2.33. The van der Waals surface area contributed by atoms with Crippen molar-refractivity contribution in [3.8, 4) is 0 Å². The summed E-state index contributed by atoms with van der Waals surface area (Å²) in [6.45, 7) is 3.59. The second-order valence-electron chi connectivity index (χ2n) is 5.90. The van der Waals surface area contributed by atoms with E-state index in [1.165, 1.54) is 11.1 Å². The topological polar surface area (TPSA) is 32.3 Å². The lowest BCUT2D eigenvalue weighted by atomic mass is 9.99. The van der Waals surface area contributed by atoms with E-state index in [2.05, 4.69) is 41.4 Å². The van der Waals surface area contributed by atoms with Gasteiger partial charge in [0.2, 0.25) is 5.91 Å². The first-order valence-electron chi connectivity index (χ1n) is 7.88. The summed E-state index contributed by atoms with van der Waals surface area (Å²) in [4.78, 5) is 14.6. The summed E-state index contributed by atoms with van der Waals surface area (Å²) in [7, 11) is 0. The zero-order chi connectivity index (χ0) is 15.4. The molecule has 0 aromatic heterocycles. The van der Waals surface area contributed by atoms with Crippen LogP contribution >= 0.6 is 0 Å². The lowest BCUT2D eigenvalue weighted by Gasteiger charge is -2.25. The molecular weight excluding hydrogens is 272 g/mol. The summed E-state index contributed by atoms with van der Waals surface area (Å²) in [5.74, 6) is 0.0617. The Kier molecular flexibility index (Phi) is 4.54. The summed E-state index contributed by atoms with van der Waals surface area (Å²) in [5, 5.41) is 2.97. The smallest absolute Gasteiger partial charge is 0.238 e. The molecule has 1 amide bonds. The zero-order valence-corrected chi connectivity index (χ0v) is 13.0. The van der Waals surface area contributed by atoms with E-state index in [4.69, 9.17) is 0 Å². The molecule has 1 saturated heterocycles. The third-order valence-corrected chi connectivity index (χ3v) is 4.32. The van der Waals surface area contributed by atoms with Gasteiger partial charge < -0.3 is 5.32 Å². The Bertz CT molecular complexity index is 639. The van der Waals surface area contributed by atoms with Gasteiger partial charge >= 0.3 is 0 Å². The first kappa shape index (κ1) is 14.8. The van der Waals surface area contributed by atoms with Gasteiger partial charge in [0, 0.05) is 11.7 Å². The molecule has 114 valence electrons. The van der Waals surface area contributed by atoms with Crippen LogP contribution in [0.5, 0.6) is 0 Å². The second-order valence-corrected chi connectivity index (χ2v) is 5.90. The van der Waals surface area contributed by atoms with Crippen molar-refractivity contribution in [3.05, 3.63) is 65.7 Å². The van der Waals surface area contributed by atoms with Crippen molar-refractivity contribution in [1.29, 1.82) is 0 Å². The third kappa shape index (κ3) is 3.37. The Morgan fingerprint density at radius 3 is 2.64 bits per heavy atom. The van der Waals surface area contributed by atoms with Crippen molar-refractivity contribution < 1.29 is 4.79 Å². The summed E-state index contributed by atoms with van der Waals surface area (Å²) in [6.07, 6.45) is 2.28. The van der Waals surface area contributed by atoms with Gasteiger partial charge in [0.05, 0.1) is 6.54 Å². The predicted octanol–water partition coefficient (Wildman–Crippen LogP) is 3.77. The van der Waals surface area contributed by atoms with Crippen molar-refractivity contribution >= 4 is 11.6 Å². The number of hydrogen-bond donors (Lipinski definition) is 1. The van der Waals surface area contributed by atoms with Crippen LogP contribution in [-0.4, -0.2) is 23.9 Å². The van der Waals surface area contributed by atoms with E-state index < -0.39 is 0 Å². The number of hydrogen-bond acceptors (Lipinski definition) is 2. The first-order valence-corrected chi connectivity index (χ1v) is 7.88. The number of rotatable bonds is 4. The largest absolute Gasteiger partial charge is 0.325 e. The number of carbonyl (C=O) groups excluding carboxylic acids is 1.